The molecule has 0 unspecified atom stereocenters. The second kappa shape index (κ2) is 10.8. The van der Waals surface area contributed by atoms with Gasteiger partial charge < -0.3 is 9.69 Å². The average molecular weight is 364 g/mol. The van der Waals surface area contributed by atoms with Crippen LogP contribution in [0.2, 0.25) is 0 Å². The van der Waals surface area contributed by atoms with Crippen LogP contribution >= 0.6 is 0 Å². The molecule has 3 rings (SSSR count). The lowest BCUT2D eigenvalue weighted by Crippen LogP contribution is -2.18. The van der Waals surface area contributed by atoms with E-state index in [1.165, 1.54) is 59.9 Å². The minimum absolute atomic E-state index is 0.658. The summed E-state index contributed by atoms with van der Waals surface area (Å²) in [5.41, 5.74) is 6.75. The van der Waals surface area contributed by atoms with Crippen molar-refractivity contribution in [2.75, 3.05) is 13.6 Å². The van der Waals surface area contributed by atoms with Crippen molar-refractivity contribution in [1.82, 2.24) is 4.90 Å². The Morgan fingerprint density at radius 1 is 1.00 bits per heavy atom. The maximum absolute atomic E-state index is 8.00. The van der Waals surface area contributed by atoms with E-state index in [9.17, 15) is 0 Å². The monoisotopic (exact) mass is 363 g/mol. The standard InChI is InChI=1S/C24H31N.CH2O/c1-4-25(3)18-23-16-15-22(21-13-9-6-10-14-21)17-24(23)19(2)20-11-7-5-8-12-20;1-2/h6,9-10,13-17,20H,2,4-5,7-8,11-12,18H2,1,3H3;1H2. The number of rotatable bonds is 6. The van der Waals surface area contributed by atoms with E-state index in [1.807, 2.05) is 6.79 Å². The fourth-order valence-corrected chi connectivity index (χ4v) is 3.90. The average Bonchev–Trinajstić information content (AvgIpc) is 2.76. The van der Waals surface area contributed by atoms with Crippen LogP contribution in [0.3, 0.4) is 0 Å². The first-order valence-corrected chi connectivity index (χ1v) is 10.0. The molecule has 0 bridgehead atoms. The van der Waals surface area contributed by atoms with Gasteiger partial charge in [-0.1, -0.05) is 75.2 Å². The largest absolute Gasteiger partial charge is 0.307 e. The number of nitrogens with zero attached hydrogens (tertiary/aromatic N) is 1. The minimum Gasteiger partial charge on any atom is -0.307 e. The third-order valence-electron chi connectivity index (χ3n) is 5.64. The number of hydrogen-bond donors (Lipinski definition) is 0. The van der Waals surface area contributed by atoms with Crippen LogP contribution in [0.4, 0.5) is 0 Å². The van der Waals surface area contributed by atoms with Gasteiger partial charge in [0, 0.05) is 6.54 Å². The molecule has 0 N–H and O–H groups in total. The molecule has 0 aliphatic heterocycles. The zero-order chi connectivity index (χ0) is 19.6. The van der Waals surface area contributed by atoms with Crippen molar-refractivity contribution in [3.05, 3.63) is 66.2 Å². The molecule has 0 aromatic heterocycles. The highest BCUT2D eigenvalue weighted by Gasteiger charge is 2.20. The summed E-state index contributed by atoms with van der Waals surface area (Å²) in [7, 11) is 2.19. The third kappa shape index (κ3) is 5.64. The number of carbonyl (C=O) groups is 1. The Bertz CT molecular complexity index is 716. The Morgan fingerprint density at radius 2 is 1.67 bits per heavy atom. The lowest BCUT2D eigenvalue weighted by atomic mass is 9.80. The number of benzene rings is 2. The van der Waals surface area contributed by atoms with Crippen molar-refractivity contribution < 1.29 is 4.79 Å². The van der Waals surface area contributed by atoms with Crippen LogP contribution in [0.1, 0.15) is 50.2 Å². The maximum Gasteiger partial charge on any atom is 0.106 e. The molecule has 27 heavy (non-hydrogen) atoms. The van der Waals surface area contributed by atoms with Gasteiger partial charge in [0.05, 0.1) is 0 Å². The van der Waals surface area contributed by atoms with E-state index in [0.29, 0.717) is 5.92 Å². The van der Waals surface area contributed by atoms with Crippen molar-refractivity contribution in [3.63, 3.8) is 0 Å². The molecule has 2 nitrogen and oxygen atoms in total. The van der Waals surface area contributed by atoms with Crippen LogP contribution < -0.4 is 0 Å². The van der Waals surface area contributed by atoms with Gasteiger partial charge in [0.25, 0.3) is 0 Å². The molecule has 144 valence electrons. The van der Waals surface area contributed by atoms with E-state index in [-0.39, 0.29) is 0 Å². The Kier molecular flexibility index (Phi) is 8.47. The summed E-state index contributed by atoms with van der Waals surface area (Å²) in [6.07, 6.45) is 6.70. The highest BCUT2D eigenvalue weighted by atomic mass is 16.1. The normalized spacial score (nSPS) is 14.5. The first-order chi connectivity index (χ1) is 13.2. The van der Waals surface area contributed by atoms with E-state index in [1.54, 1.807) is 0 Å². The van der Waals surface area contributed by atoms with Gasteiger partial charge in [-0.05, 0) is 66.2 Å². The summed E-state index contributed by atoms with van der Waals surface area (Å²) >= 11 is 0. The molecule has 2 heteroatoms. The van der Waals surface area contributed by atoms with E-state index in [0.717, 1.165) is 13.1 Å². The first kappa shape index (κ1) is 21.1. The highest BCUT2D eigenvalue weighted by Crippen LogP contribution is 2.37. The maximum atomic E-state index is 8.00. The van der Waals surface area contributed by atoms with Crippen molar-refractivity contribution >= 4 is 12.4 Å². The fraction of sp³-hybridized carbons (Fsp3) is 0.400. The molecule has 2 aromatic rings. The quantitative estimate of drug-likeness (QED) is 0.608. The summed E-state index contributed by atoms with van der Waals surface area (Å²) in [6.45, 7) is 10.8. The van der Waals surface area contributed by atoms with Crippen LogP contribution in [0.15, 0.2) is 55.1 Å². The van der Waals surface area contributed by atoms with Crippen LogP contribution in [0.5, 0.6) is 0 Å². The predicted molar refractivity (Wildman–Crippen MR) is 117 cm³/mol. The van der Waals surface area contributed by atoms with E-state index in [2.05, 4.69) is 74.0 Å². The molecule has 0 heterocycles. The van der Waals surface area contributed by atoms with Crippen LogP contribution in [0, 0.1) is 5.92 Å². The zero-order valence-electron chi connectivity index (χ0n) is 16.9. The van der Waals surface area contributed by atoms with Gasteiger partial charge in [-0.15, -0.1) is 0 Å². The fourth-order valence-electron chi connectivity index (χ4n) is 3.90. The van der Waals surface area contributed by atoms with Gasteiger partial charge in [-0.2, -0.15) is 0 Å². The van der Waals surface area contributed by atoms with Gasteiger partial charge in [-0.3, -0.25) is 0 Å². The molecule has 0 saturated heterocycles. The summed E-state index contributed by atoms with van der Waals surface area (Å²) in [5.74, 6) is 0.658. The number of allylic oxidation sites excluding steroid dienone is 1. The molecule has 0 atom stereocenters. The lowest BCUT2D eigenvalue weighted by Gasteiger charge is -2.27. The van der Waals surface area contributed by atoms with Crippen molar-refractivity contribution in [2.45, 2.75) is 45.6 Å². The van der Waals surface area contributed by atoms with Crippen molar-refractivity contribution in [2.24, 2.45) is 5.92 Å². The molecule has 1 saturated carbocycles. The minimum atomic E-state index is 0.658. The van der Waals surface area contributed by atoms with E-state index in [4.69, 9.17) is 4.79 Å². The summed E-state index contributed by atoms with van der Waals surface area (Å²) in [4.78, 5) is 10.4. The van der Waals surface area contributed by atoms with Crippen molar-refractivity contribution in [1.29, 1.82) is 0 Å². The van der Waals surface area contributed by atoms with Gasteiger partial charge in [0.2, 0.25) is 0 Å². The number of hydrogen-bond acceptors (Lipinski definition) is 2. The van der Waals surface area contributed by atoms with E-state index >= 15 is 0 Å². The molecule has 0 spiro atoms. The predicted octanol–water partition coefficient (Wildman–Crippen LogP) is 6.21. The van der Waals surface area contributed by atoms with Crippen LogP contribution in [-0.4, -0.2) is 25.3 Å². The molecular formula is C25H33NO. The highest BCUT2D eigenvalue weighted by molar-refractivity contribution is 5.74. The summed E-state index contributed by atoms with van der Waals surface area (Å²) in [6, 6.07) is 17.7. The zero-order valence-corrected chi connectivity index (χ0v) is 16.9. The molecule has 0 radical (unpaired) electrons. The van der Waals surface area contributed by atoms with Gasteiger partial charge in [-0.25, -0.2) is 0 Å². The molecule has 1 aliphatic rings. The topological polar surface area (TPSA) is 20.3 Å². The Balaban J connectivity index is 0.00000126. The second-order valence-electron chi connectivity index (χ2n) is 7.43. The Labute approximate surface area is 164 Å². The van der Waals surface area contributed by atoms with Crippen LogP contribution in [-0.2, 0) is 11.3 Å². The van der Waals surface area contributed by atoms with Gasteiger partial charge in [0.1, 0.15) is 6.79 Å². The van der Waals surface area contributed by atoms with Gasteiger partial charge >= 0.3 is 0 Å². The number of carbonyl (C=O) groups excluding carboxylic acids is 1. The van der Waals surface area contributed by atoms with Gasteiger partial charge in [0.15, 0.2) is 0 Å². The molecule has 1 fully saturated rings. The first-order valence-electron chi connectivity index (χ1n) is 10.0. The Hall–Kier alpha value is -2.19. The van der Waals surface area contributed by atoms with E-state index < -0.39 is 0 Å². The molecular weight excluding hydrogens is 330 g/mol. The van der Waals surface area contributed by atoms with Crippen LogP contribution in [0.25, 0.3) is 16.7 Å². The SMILES string of the molecule is C=C(c1cc(-c2ccccc2)ccc1CN(C)CC)C1CCCCC1.C=O. The second-order valence-corrected chi connectivity index (χ2v) is 7.43. The smallest absolute Gasteiger partial charge is 0.106 e. The van der Waals surface area contributed by atoms with Crippen molar-refractivity contribution in [3.8, 4) is 11.1 Å². The lowest BCUT2D eigenvalue weighted by molar-refractivity contribution is -0.0979. The summed E-state index contributed by atoms with van der Waals surface area (Å²) in [5, 5.41) is 0. The molecule has 2 aromatic carbocycles. The molecule has 1 aliphatic carbocycles. The third-order valence-corrected chi connectivity index (χ3v) is 5.64. The summed E-state index contributed by atoms with van der Waals surface area (Å²) < 4.78 is 0. The Morgan fingerprint density at radius 3 is 2.30 bits per heavy atom. The molecule has 0 amide bonds.